The van der Waals surface area contributed by atoms with Gasteiger partial charge in [-0.15, -0.1) is 0 Å². The van der Waals surface area contributed by atoms with E-state index in [1.54, 1.807) is 6.20 Å². The van der Waals surface area contributed by atoms with Gasteiger partial charge in [-0.1, -0.05) is 36.4 Å². The van der Waals surface area contributed by atoms with Crippen LogP contribution in [-0.2, 0) is 0 Å². The number of hydrogen-bond acceptors (Lipinski definition) is 6. The molecule has 3 heterocycles. The Morgan fingerprint density at radius 3 is 2.76 bits per heavy atom. The Balaban J connectivity index is 1.59. The normalized spacial score (nSPS) is 16.1. The van der Waals surface area contributed by atoms with Crippen LogP contribution in [0, 0.1) is 24.1 Å². The van der Waals surface area contributed by atoms with Crippen LogP contribution in [-0.4, -0.2) is 56.7 Å². The molecule has 0 unspecified atom stereocenters. The molecule has 0 saturated carbocycles. The summed E-state index contributed by atoms with van der Waals surface area (Å²) in [7, 11) is 0. The van der Waals surface area contributed by atoms with Gasteiger partial charge in [0, 0.05) is 31.4 Å². The zero-order valence-corrected chi connectivity index (χ0v) is 18.4. The highest BCUT2D eigenvalue weighted by Crippen LogP contribution is 2.35. The summed E-state index contributed by atoms with van der Waals surface area (Å²) in [4.78, 5) is 27.7. The molecule has 34 heavy (non-hydrogen) atoms. The van der Waals surface area contributed by atoms with E-state index in [0.29, 0.717) is 23.3 Å². The predicted octanol–water partition coefficient (Wildman–Crippen LogP) is 4.37. The highest BCUT2D eigenvalue weighted by atomic mass is 19.1. The van der Waals surface area contributed by atoms with E-state index in [2.05, 4.69) is 15.0 Å². The highest BCUT2D eigenvalue weighted by Gasteiger charge is 2.32. The standard InChI is InChI=1S/C25H21FN6O2/c1-15-4-2-5-16-6-3-7-18(20(15)16)22-21(26)23-19(12-28-22)24(30-14-29-23)31-10-11-32(25(33)34)17(13-31)8-9-27/h2-7,12,14,17H,8,10-11,13H2,1H3,(H,33,34)/t17-/m0/s1. The zero-order chi connectivity index (χ0) is 23.8. The third-order valence-corrected chi connectivity index (χ3v) is 6.32. The number of hydrogen-bond donors (Lipinski definition) is 1. The number of carboxylic acid groups (broad SMARTS) is 1. The first kappa shape index (κ1) is 21.5. The number of aryl methyl sites for hydroxylation is 1. The van der Waals surface area contributed by atoms with Gasteiger partial charge in [0.05, 0.1) is 23.9 Å². The molecule has 1 amide bonds. The first-order valence-corrected chi connectivity index (χ1v) is 10.9. The molecule has 2 aromatic carbocycles. The van der Waals surface area contributed by atoms with Crippen LogP contribution < -0.4 is 4.90 Å². The van der Waals surface area contributed by atoms with E-state index in [0.717, 1.165) is 16.3 Å². The molecule has 1 aliphatic heterocycles. The van der Waals surface area contributed by atoms with E-state index in [9.17, 15) is 9.90 Å². The van der Waals surface area contributed by atoms with Gasteiger partial charge in [-0.25, -0.2) is 19.2 Å². The fourth-order valence-corrected chi connectivity index (χ4v) is 4.72. The quantitative estimate of drug-likeness (QED) is 0.488. The maximum Gasteiger partial charge on any atom is 0.407 e. The first-order chi connectivity index (χ1) is 16.5. The van der Waals surface area contributed by atoms with Crippen molar-refractivity contribution in [2.24, 2.45) is 0 Å². The lowest BCUT2D eigenvalue weighted by molar-refractivity contribution is 0.119. The summed E-state index contributed by atoms with van der Waals surface area (Å²) in [6.07, 6.45) is 1.88. The molecule has 5 rings (SSSR count). The van der Waals surface area contributed by atoms with Crippen LogP contribution in [0.25, 0.3) is 32.9 Å². The van der Waals surface area contributed by atoms with Crippen molar-refractivity contribution < 1.29 is 14.3 Å². The molecule has 1 fully saturated rings. The van der Waals surface area contributed by atoms with Crippen LogP contribution in [0.3, 0.4) is 0 Å². The number of anilines is 1. The highest BCUT2D eigenvalue weighted by molar-refractivity contribution is 6.00. The van der Waals surface area contributed by atoms with Gasteiger partial charge >= 0.3 is 6.09 Å². The number of piperazine rings is 1. The molecule has 1 atom stereocenters. The van der Waals surface area contributed by atoms with Gasteiger partial charge in [-0.2, -0.15) is 5.26 Å². The summed E-state index contributed by atoms with van der Waals surface area (Å²) in [6.45, 7) is 2.85. The van der Waals surface area contributed by atoms with Gasteiger partial charge in [0.2, 0.25) is 0 Å². The van der Waals surface area contributed by atoms with E-state index in [4.69, 9.17) is 5.26 Å². The number of pyridine rings is 1. The van der Waals surface area contributed by atoms with Crippen molar-refractivity contribution in [2.75, 3.05) is 24.5 Å². The number of nitriles is 1. The van der Waals surface area contributed by atoms with Crippen molar-refractivity contribution in [3.63, 3.8) is 0 Å². The maximum atomic E-state index is 15.8. The first-order valence-electron chi connectivity index (χ1n) is 10.9. The van der Waals surface area contributed by atoms with E-state index >= 15 is 4.39 Å². The number of halogens is 1. The predicted molar refractivity (Wildman–Crippen MR) is 126 cm³/mol. The zero-order valence-electron chi connectivity index (χ0n) is 18.4. The number of amides is 1. The molecule has 0 spiro atoms. The van der Waals surface area contributed by atoms with Gasteiger partial charge in [-0.3, -0.25) is 4.98 Å². The van der Waals surface area contributed by atoms with Crippen LogP contribution >= 0.6 is 0 Å². The number of benzene rings is 2. The molecular formula is C25H21FN6O2. The molecule has 0 bridgehead atoms. The van der Waals surface area contributed by atoms with Crippen molar-refractivity contribution in [1.82, 2.24) is 19.9 Å². The monoisotopic (exact) mass is 456 g/mol. The summed E-state index contributed by atoms with van der Waals surface area (Å²) in [6, 6.07) is 13.2. The number of rotatable bonds is 3. The molecule has 0 radical (unpaired) electrons. The summed E-state index contributed by atoms with van der Waals surface area (Å²) in [5.41, 5.74) is 2.09. The van der Waals surface area contributed by atoms with Crippen LogP contribution in [0.2, 0.25) is 0 Å². The second-order valence-electron chi connectivity index (χ2n) is 8.30. The van der Waals surface area contributed by atoms with Crippen LogP contribution in [0.5, 0.6) is 0 Å². The Morgan fingerprint density at radius 1 is 1.21 bits per heavy atom. The van der Waals surface area contributed by atoms with E-state index in [-0.39, 0.29) is 30.7 Å². The van der Waals surface area contributed by atoms with Crippen molar-refractivity contribution >= 4 is 33.6 Å². The molecule has 8 nitrogen and oxygen atoms in total. The average Bonchev–Trinajstić information content (AvgIpc) is 2.84. The molecule has 2 aromatic heterocycles. The lowest BCUT2D eigenvalue weighted by atomic mass is 9.97. The van der Waals surface area contributed by atoms with Crippen molar-refractivity contribution in [1.29, 1.82) is 5.26 Å². The van der Waals surface area contributed by atoms with Crippen molar-refractivity contribution in [3.05, 3.63) is 60.3 Å². The topological polar surface area (TPSA) is 106 Å². The number of carbonyl (C=O) groups is 1. The smallest absolute Gasteiger partial charge is 0.407 e. The number of aromatic nitrogens is 3. The third kappa shape index (κ3) is 3.53. The Hall–Kier alpha value is -4.32. The lowest BCUT2D eigenvalue weighted by Gasteiger charge is -2.39. The maximum absolute atomic E-state index is 15.8. The molecule has 0 aliphatic carbocycles. The van der Waals surface area contributed by atoms with Crippen molar-refractivity contribution in [3.8, 4) is 17.3 Å². The van der Waals surface area contributed by atoms with E-state index in [1.165, 1.54) is 11.2 Å². The minimum atomic E-state index is -1.06. The number of fused-ring (bicyclic) bond motifs is 2. The summed E-state index contributed by atoms with van der Waals surface area (Å²) in [5, 5.41) is 21.0. The molecule has 1 N–H and O–H groups in total. The SMILES string of the molecule is Cc1cccc2cccc(-c3ncc4c(N5CCN(C(=O)O)[C@@H](CC#N)C5)ncnc4c3F)c12. The fraction of sp³-hybridized carbons (Fsp3) is 0.240. The summed E-state index contributed by atoms with van der Waals surface area (Å²) >= 11 is 0. The minimum Gasteiger partial charge on any atom is -0.465 e. The van der Waals surface area contributed by atoms with Gasteiger partial charge in [0.25, 0.3) is 0 Å². The molecule has 4 aromatic rings. The van der Waals surface area contributed by atoms with Gasteiger partial charge < -0.3 is 14.9 Å². The largest absolute Gasteiger partial charge is 0.465 e. The number of nitrogens with zero attached hydrogens (tertiary/aromatic N) is 6. The second-order valence-corrected chi connectivity index (χ2v) is 8.30. The van der Waals surface area contributed by atoms with E-state index in [1.807, 2.05) is 54.3 Å². The molecular weight excluding hydrogens is 435 g/mol. The Bertz CT molecular complexity index is 1460. The Morgan fingerprint density at radius 2 is 2.00 bits per heavy atom. The third-order valence-electron chi connectivity index (χ3n) is 6.32. The Labute approximate surface area is 194 Å². The van der Waals surface area contributed by atoms with Gasteiger partial charge in [0.15, 0.2) is 5.82 Å². The minimum absolute atomic E-state index is 0.0585. The Kier molecular flexibility index (Phi) is 5.42. The molecule has 1 aliphatic rings. The van der Waals surface area contributed by atoms with Crippen LogP contribution in [0.4, 0.5) is 15.0 Å². The molecule has 170 valence electrons. The molecule has 1 saturated heterocycles. The van der Waals surface area contributed by atoms with Crippen LogP contribution in [0.1, 0.15) is 12.0 Å². The second kappa shape index (κ2) is 8.56. The molecule has 9 heteroatoms. The van der Waals surface area contributed by atoms with E-state index < -0.39 is 18.0 Å². The summed E-state index contributed by atoms with van der Waals surface area (Å²) in [5.74, 6) is -0.0559. The van der Waals surface area contributed by atoms with Gasteiger partial charge in [-0.05, 0) is 23.3 Å². The average molecular weight is 456 g/mol. The van der Waals surface area contributed by atoms with Crippen molar-refractivity contribution in [2.45, 2.75) is 19.4 Å². The lowest BCUT2D eigenvalue weighted by Crippen LogP contribution is -2.55. The van der Waals surface area contributed by atoms with Crippen LogP contribution in [0.15, 0.2) is 48.9 Å². The summed E-state index contributed by atoms with van der Waals surface area (Å²) < 4.78 is 15.8. The van der Waals surface area contributed by atoms with Gasteiger partial charge in [0.1, 0.15) is 23.4 Å². The fourth-order valence-electron chi connectivity index (χ4n) is 4.72.